The molecule has 0 aromatic heterocycles. The number of hydrogen-bond donors (Lipinski definition) is 2. The summed E-state index contributed by atoms with van der Waals surface area (Å²) in [5.74, 6) is -4.43. The number of hydrogen-bond acceptors (Lipinski definition) is 2. The molecule has 34 heavy (non-hydrogen) atoms. The Morgan fingerprint density at radius 3 is 2.21 bits per heavy atom. The molecule has 176 valence electrons. The van der Waals surface area contributed by atoms with E-state index < -0.39 is 45.2 Å². The van der Waals surface area contributed by atoms with Crippen LogP contribution in [0.3, 0.4) is 0 Å². The zero-order chi connectivity index (χ0) is 24.8. The number of carbonyl (C=O) groups is 2. The Labute approximate surface area is 218 Å². The van der Waals surface area contributed by atoms with E-state index in [4.69, 9.17) is 58.0 Å². The van der Waals surface area contributed by atoms with Gasteiger partial charge >= 0.3 is 0 Å². The van der Waals surface area contributed by atoms with Crippen LogP contribution in [0.15, 0.2) is 54.6 Å². The summed E-state index contributed by atoms with van der Waals surface area (Å²) in [7, 11) is 0. The zero-order valence-corrected chi connectivity index (χ0v) is 20.6. The van der Waals surface area contributed by atoms with Gasteiger partial charge in [0.1, 0.15) is 16.0 Å². The number of rotatable bonds is 5. The van der Waals surface area contributed by atoms with Crippen LogP contribution in [0, 0.1) is 17.6 Å². The fourth-order valence-electron chi connectivity index (χ4n) is 3.60. The lowest BCUT2D eigenvalue weighted by Gasteiger charge is -2.11. The molecule has 2 atom stereocenters. The van der Waals surface area contributed by atoms with Crippen LogP contribution in [-0.2, 0) is 4.79 Å². The Hall–Kier alpha value is -2.09. The van der Waals surface area contributed by atoms with Crippen LogP contribution in [-0.4, -0.2) is 16.1 Å². The van der Waals surface area contributed by atoms with Crippen molar-refractivity contribution in [2.24, 2.45) is 5.92 Å². The first-order chi connectivity index (χ1) is 16.0. The highest BCUT2D eigenvalue weighted by Crippen LogP contribution is 2.65. The van der Waals surface area contributed by atoms with Crippen molar-refractivity contribution < 1.29 is 18.4 Å². The molecule has 0 aliphatic heterocycles. The van der Waals surface area contributed by atoms with E-state index in [1.807, 2.05) is 0 Å². The monoisotopic (exact) mass is 562 g/mol. The lowest BCUT2D eigenvalue weighted by atomic mass is 10.1. The molecule has 2 N–H and O–H groups in total. The highest BCUT2D eigenvalue weighted by atomic mass is 35.5. The van der Waals surface area contributed by atoms with E-state index >= 15 is 0 Å². The molecule has 3 aromatic rings. The Morgan fingerprint density at radius 1 is 0.853 bits per heavy atom. The van der Waals surface area contributed by atoms with E-state index in [1.165, 1.54) is 18.2 Å². The Kier molecular flexibility index (Phi) is 7.00. The lowest BCUT2D eigenvalue weighted by molar-refractivity contribution is -0.117. The molecular weight excluding hydrogens is 552 g/mol. The van der Waals surface area contributed by atoms with Gasteiger partial charge < -0.3 is 10.6 Å². The summed E-state index contributed by atoms with van der Waals surface area (Å²) in [5, 5.41) is 5.95. The Morgan fingerprint density at radius 2 is 1.53 bits per heavy atom. The minimum absolute atomic E-state index is 0.0742. The maximum atomic E-state index is 13.9. The Bertz CT molecular complexity index is 1300. The molecule has 3 aromatic carbocycles. The maximum Gasteiger partial charge on any atom is 0.258 e. The molecule has 1 fully saturated rings. The molecule has 4 nitrogen and oxygen atoms in total. The summed E-state index contributed by atoms with van der Waals surface area (Å²) in [4.78, 5) is 25.3. The largest absolute Gasteiger partial charge is 0.326 e. The SMILES string of the molecule is O=C(Nc1cc(NC(=O)C2C(c3cc(Cl)cc(Cl)c3)C2(Cl)Cl)ccc1Cl)c1cc(F)ccc1F. The van der Waals surface area contributed by atoms with E-state index in [2.05, 4.69) is 10.6 Å². The predicted molar refractivity (Wildman–Crippen MR) is 132 cm³/mol. The fourth-order valence-corrected chi connectivity index (χ4v) is 5.14. The van der Waals surface area contributed by atoms with Crippen molar-refractivity contribution in [3.63, 3.8) is 0 Å². The third kappa shape index (κ3) is 5.11. The molecule has 11 heteroatoms. The Balaban J connectivity index is 1.51. The maximum absolute atomic E-state index is 13.9. The summed E-state index contributed by atoms with van der Waals surface area (Å²) in [6.07, 6.45) is 0. The van der Waals surface area contributed by atoms with Crippen LogP contribution in [0.2, 0.25) is 15.1 Å². The third-order valence-electron chi connectivity index (χ3n) is 5.24. The second-order valence-corrected chi connectivity index (χ2v) is 10.3. The van der Waals surface area contributed by atoms with Crippen molar-refractivity contribution in [2.75, 3.05) is 10.6 Å². The summed E-state index contributed by atoms with van der Waals surface area (Å²) in [6, 6.07) is 11.6. The molecule has 2 unspecified atom stereocenters. The van der Waals surface area contributed by atoms with Crippen molar-refractivity contribution in [1.29, 1.82) is 0 Å². The van der Waals surface area contributed by atoms with Gasteiger partial charge in [0.05, 0.1) is 22.2 Å². The normalized spacial score (nSPS) is 18.3. The highest BCUT2D eigenvalue weighted by molar-refractivity contribution is 6.53. The molecule has 0 spiro atoms. The van der Waals surface area contributed by atoms with Gasteiger partial charge in [-0.05, 0) is 60.2 Å². The molecule has 1 aliphatic carbocycles. The number of anilines is 2. The number of benzene rings is 3. The first-order valence-corrected chi connectivity index (χ1v) is 11.6. The van der Waals surface area contributed by atoms with Crippen molar-refractivity contribution in [2.45, 2.75) is 10.3 Å². The summed E-state index contributed by atoms with van der Waals surface area (Å²) < 4.78 is 26.0. The van der Waals surface area contributed by atoms with Gasteiger partial charge in [-0.3, -0.25) is 9.59 Å². The zero-order valence-electron chi connectivity index (χ0n) is 16.8. The van der Waals surface area contributed by atoms with Gasteiger partial charge in [0.25, 0.3) is 5.91 Å². The van der Waals surface area contributed by atoms with Crippen LogP contribution in [0.5, 0.6) is 0 Å². The van der Waals surface area contributed by atoms with Gasteiger partial charge in [0.15, 0.2) is 0 Å². The highest BCUT2D eigenvalue weighted by Gasteiger charge is 2.67. The van der Waals surface area contributed by atoms with E-state index in [-0.39, 0.29) is 16.4 Å². The van der Waals surface area contributed by atoms with Gasteiger partial charge in [-0.15, -0.1) is 23.2 Å². The number of carbonyl (C=O) groups excluding carboxylic acids is 2. The molecule has 0 heterocycles. The first kappa shape index (κ1) is 25.0. The van der Waals surface area contributed by atoms with Crippen molar-refractivity contribution >= 4 is 81.2 Å². The first-order valence-electron chi connectivity index (χ1n) is 9.68. The topological polar surface area (TPSA) is 58.2 Å². The number of nitrogens with one attached hydrogen (secondary N) is 2. The van der Waals surface area contributed by atoms with Crippen LogP contribution < -0.4 is 10.6 Å². The average Bonchev–Trinajstić information content (AvgIpc) is 3.33. The number of halogens is 7. The van der Waals surface area contributed by atoms with E-state index in [0.717, 1.165) is 18.2 Å². The van der Waals surface area contributed by atoms with Crippen LogP contribution in [0.25, 0.3) is 0 Å². The molecule has 1 saturated carbocycles. The molecule has 2 amide bonds. The fraction of sp³-hybridized carbons (Fsp3) is 0.130. The van der Waals surface area contributed by atoms with Crippen LogP contribution in [0.1, 0.15) is 21.8 Å². The summed E-state index contributed by atoms with van der Waals surface area (Å²) >= 11 is 31.0. The van der Waals surface area contributed by atoms with Crippen LogP contribution >= 0.6 is 58.0 Å². The molecule has 0 radical (unpaired) electrons. The van der Waals surface area contributed by atoms with Gasteiger partial charge in [-0.25, -0.2) is 8.78 Å². The lowest BCUT2D eigenvalue weighted by Crippen LogP contribution is -2.18. The summed E-state index contributed by atoms with van der Waals surface area (Å²) in [5.41, 5.74) is 0.456. The molecule has 1 aliphatic rings. The van der Waals surface area contributed by atoms with E-state index in [9.17, 15) is 18.4 Å². The minimum atomic E-state index is -1.38. The predicted octanol–water partition coefficient (Wildman–Crippen LogP) is 7.70. The van der Waals surface area contributed by atoms with Gasteiger partial charge in [0.2, 0.25) is 5.91 Å². The van der Waals surface area contributed by atoms with Gasteiger partial charge in [0, 0.05) is 21.7 Å². The molecule has 0 saturated heterocycles. The standard InChI is InChI=1S/C23H13Cl5F2N2O2/c24-11-5-10(6-12(25)7-11)19-20(23(19,27)28)22(34)31-14-2-3-16(26)18(9-14)32-21(33)15-8-13(29)1-4-17(15)30/h1-9,19-20H,(H,31,34)(H,32,33). The van der Waals surface area contributed by atoms with Crippen molar-refractivity contribution in [3.05, 3.63) is 92.4 Å². The number of amides is 2. The minimum Gasteiger partial charge on any atom is -0.326 e. The van der Waals surface area contributed by atoms with E-state index in [1.54, 1.807) is 18.2 Å². The van der Waals surface area contributed by atoms with Gasteiger partial charge in [-0.2, -0.15) is 0 Å². The average molecular weight is 565 g/mol. The van der Waals surface area contributed by atoms with Crippen molar-refractivity contribution in [3.8, 4) is 0 Å². The second-order valence-electron chi connectivity index (χ2n) is 7.59. The van der Waals surface area contributed by atoms with E-state index in [0.29, 0.717) is 15.6 Å². The van der Waals surface area contributed by atoms with Crippen LogP contribution in [0.4, 0.5) is 20.2 Å². The second kappa shape index (κ2) is 9.51. The van der Waals surface area contributed by atoms with Gasteiger partial charge in [-0.1, -0.05) is 34.8 Å². The molecular formula is C23H13Cl5F2N2O2. The quantitative estimate of drug-likeness (QED) is 0.312. The molecule has 0 bridgehead atoms. The third-order valence-corrected chi connectivity index (χ3v) is 6.94. The molecule has 4 rings (SSSR count). The van der Waals surface area contributed by atoms with Crippen molar-refractivity contribution in [1.82, 2.24) is 0 Å². The summed E-state index contributed by atoms with van der Waals surface area (Å²) in [6.45, 7) is 0. The smallest absolute Gasteiger partial charge is 0.258 e. The number of alkyl halides is 2.